The van der Waals surface area contributed by atoms with Gasteiger partial charge in [0.2, 0.25) is 0 Å². The molecular weight excluding hydrogens is 730 g/mol. The molecule has 0 radical (unpaired) electrons. The first-order valence-electron chi connectivity index (χ1n) is 17.0. The van der Waals surface area contributed by atoms with E-state index in [1.807, 2.05) is 0 Å². The summed E-state index contributed by atoms with van der Waals surface area (Å²) in [5.41, 5.74) is 6.95. The van der Waals surface area contributed by atoms with E-state index >= 15 is 0 Å². The number of hydrogen-bond donors (Lipinski definition) is 5. The molecular formula is C40H46ClN5O9. The molecule has 0 bridgehead atoms. The fourth-order valence-corrected chi connectivity index (χ4v) is 4.37. The number of amides is 5. The lowest BCUT2D eigenvalue weighted by Gasteiger charge is -2.19. The summed E-state index contributed by atoms with van der Waals surface area (Å²) in [5, 5.41) is 10.8. The molecule has 0 aliphatic carbocycles. The fourth-order valence-electron chi connectivity index (χ4n) is 4.29. The summed E-state index contributed by atoms with van der Waals surface area (Å²) < 4.78 is 21.0. The SMILES string of the molecule is CC(C)(C)OC(=O)Nc1ccc(NC(=O)c2cccc(OCC(N)=O)c2)cc1.CC(C)(C)OC(=O)Nc1ccc(NC(=O)c2cccc(OCCCl)c2)cc1. The fraction of sp³-hybridized carbons (Fsp3) is 0.275. The highest BCUT2D eigenvalue weighted by Crippen LogP contribution is 2.20. The lowest BCUT2D eigenvalue weighted by atomic mass is 10.2. The zero-order chi connectivity index (χ0) is 40.6. The van der Waals surface area contributed by atoms with E-state index in [0.717, 1.165) is 0 Å². The molecule has 15 heteroatoms. The van der Waals surface area contributed by atoms with Crippen LogP contribution in [-0.4, -0.2) is 60.2 Å². The molecule has 0 aromatic heterocycles. The maximum atomic E-state index is 12.4. The van der Waals surface area contributed by atoms with Crippen molar-refractivity contribution in [1.29, 1.82) is 0 Å². The van der Waals surface area contributed by atoms with Gasteiger partial charge in [0.1, 0.15) is 29.3 Å². The molecule has 0 spiro atoms. The van der Waals surface area contributed by atoms with Crippen LogP contribution in [0.5, 0.6) is 11.5 Å². The van der Waals surface area contributed by atoms with E-state index in [1.54, 1.807) is 133 Å². The van der Waals surface area contributed by atoms with Gasteiger partial charge >= 0.3 is 12.2 Å². The van der Waals surface area contributed by atoms with Crippen molar-refractivity contribution >= 4 is 64.3 Å². The summed E-state index contributed by atoms with van der Waals surface area (Å²) in [6.45, 7) is 10.8. The van der Waals surface area contributed by atoms with Gasteiger partial charge in [0, 0.05) is 33.9 Å². The van der Waals surface area contributed by atoms with Gasteiger partial charge in [0.25, 0.3) is 17.7 Å². The zero-order valence-corrected chi connectivity index (χ0v) is 32.2. The Morgan fingerprint density at radius 3 is 1.27 bits per heavy atom. The summed E-state index contributed by atoms with van der Waals surface area (Å²) >= 11 is 5.60. The van der Waals surface area contributed by atoms with E-state index in [4.69, 9.17) is 36.3 Å². The number of nitrogens with two attached hydrogens (primary N) is 1. The monoisotopic (exact) mass is 775 g/mol. The van der Waals surface area contributed by atoms with E-state index in [0.29, 0.717) is 57.9 Å². The lowest BCUT2D eigenvalue weighted by Crippen LogP contribution is -2.27. The molecule has 4 rings (SSSR count). The van der Waals surface area contributed by atoms with Crippen LogP contribution in [0, 0.1) is 0 Å². The van der Waals surface area contributed by atoms with Crippen LogP contribution in [0.1, 0.15) is 62.3 Å². The molecule has 5 amide bonds. The summed E-state index contributed by atoms with van der Waals surface area (Å²) in [7, 11) is 0. The van der Waals surface area contributed by atoms with Crippen LogP contribution < -0.4 is 36.5 Å². The molecule has 0 unspecified atom stereocenters. The predicted octanol–water partition coefficient (Wildman–Crippen LogP) is 8.05. The van der Waals surface area contributed by atoms with Crippen molar-refractivity contribution in [2.24, 2.45) is 5.73 Å². The van der Waals surface area contributed by atoms with Gasteiger partial charge in [0.05, 0.1) is 5.88 Å². The third kappa shape index (κ3) is 16.9. The molecule has 4 aromatic rings. The molecule has 55 heavy (non-hydrogen) atoms. The Hall–Kier alpha value is -6.28. The van der Waals surface area contributed by atoms with Crippen LogP contribution in [-0.2, 0) is 14.3 Å². The maximum Gasteiger partial charge on any atom is 0.412 e. The van der Waals surface area contributed by atoms with Gasteiger partial charge < -0.3 is 35.3 Å². The van der Waals surface area contributed by atoms with Crippen molar-refractivity contribution in [3.8, 4) is 11.5 Å². The Labute approximate surface area is 325 Å². The summed E-state index contributed by atoms with van der Waals surface area (Å²) in [6, 6.07) is 26.6. The van der Waals surface area contributed by atoms with Gasteiger partial charge in [-0.3, -0.25) is 25.0 Å². The number of hydrogen-bond acceptors (Lipinski definition) is 9. The Morgan fingerprint density at radius 1 is 0.564 bits per heavy atom. The molecule has 0 saturated heterocycles. The lowest BCUT2D eigenvalue weighted by molar-refractivity contribution is -0.119. The van der Waals surface area contributed by atoms with E-state index in [-0.39, 0.29) is 18.4 Å². The van der Waals surface area contributed by atoms with Crippen LogP contribution >= 0.6 is 11.6 Å². The number of alkyl halides is 1. The minimum Gasteiger partial charge on any atom is -0.492 e. The number of halogens is 1. The van der Waals surface area contributed by atoms with E-state index in [1.165, 1.54) is 6.07 Å². The number of nitrogens with one attached hydrogen (secondary N) is 4. The average Bonchev–Trinajstić information content (AvgIpc) is 3.10. The third-order valence-electron chi connectivity index (χ3n) is 6.50. The summed E-state index contributed by atoms with van der Waals surface area (Å²) in [6.07, 6.45) is -1.09. The third-order valence-corrected chi connectivity index (χ3v) is 6.65. The minimum absolute atomic E-state index is 0.265. The average molecular weight is 776 g/mol. The maximum absolute atomic E-state index is 12.4. The first-order valence-corrected chi connectivity index (χ1v) is 17.6. The highest BCUT2D eigenvalue weighted by molar-refractivity contribution is 6.18. The van der Waals surface area contributed by atoms with Gasteiger partial charge in [-0.2, -0.15) is 0 Å². The standard InChI is InChI=1S/C20H23ClN2O4.C20H23N3O5/c1-20(2,3)27-19(25)23-16-9-7-15(8-10-16)22-18(24)14-5-4-6-17(13-14)26-12-11-21;1-20(2,3)28-19(26)23-15-9-7-14(8-10-15)22-18(25)13-5-4-6-16(11-13)27-12-17(21)24/h4-10,13H,11-12H2,1-3H3,(H,22,24)(H,23,25);4-11H,12H2,1-3H3,(H2,21,24)(H,22,25)(H,23,26). The Balaban J connectivity index is 0.000000296. The molecule has 0 saturated carbocycles. The number of carbonyl (C=O) groups is 5. The van der Waals surface area contributed by atoms with E-state index in [9.17, 15) is 24.0 Å². The van der Waals surface area contributed by atoms with E-state index in [2.05, 4.69) is 21.3 Å². The molecule has 0 aliphatic rings. The predicted molar refractivity (Wildman–Crippen MR) is 212 cm³/mol. The first-order chi connectivity index (χ1) is 25.9. The Morgan fingerprint density at radius 2 is 0.927 bits per heavy atom. The number of primary amides is 1. The molecule has 0 fully saturated rings. The highest BCUT2D eigenvalue weighted by Gasteiger charge is 2.17. The second kappa shape index (κ2) is 20.3. The van der Waals surface area contributed by atoms with Gasteiger partial charge in [0.15, 0.2) is 6.61 Å². The van der Waals surface area contributed by atoms with Crippen LogP contribution in [0.25, 0.3) is 0 Å². The molecule has 6 N–H and O–H groups in total. The highest BCUT2D eigenvalue weighted by atomic mass is 35.5. The van der Waals surface area contributed by atoms with Gasteiger partial charge in [-0.1, -0.05) is 12.1 Å². The number of benzene rings is 4. The minimum atomic E-state index is -0.602. The second-order valence-corrected chi connectivity index (χ2v) is 14.0. The van der Waals surface area contributed by atoms with Gasteiger partial charge in [-0.05, 0) is 126 Å². The van der Waals surface area contributed by atoms with Gasteiger partial charge in [-0.15, -0.1) is 11.6 Å². The summed E-state index contributed by atoms with van der Waals surface area (Å²) in [5.74, 6) is 0.107. The number of ether oxygens (including phenoxy) is 4. The number of rotatable bonds is 12. The molecule has 0 aliphatic heterocycles. The second-order valence-electron chi connectivity index (χ2n) is 13.7. The summed E-state index contributed by atoms with van der Waals surface area (Å²) in [4.78, 5) is 59.1. The normalized spacial score (nSPS) is 10.7. The first kappa shape index (κ1) is 43.1. The molecule has 4 aromatic carbocycles. The van der Waals surface area contributed by atoms with Crippen molar-refractivity contribution in [1.82, 2.24) is 0 Å². The number of carbonyl (C=O) groups excluding carboxylic acids is 5. The zero-order valence-electron chi connectivity index (χ0n) is 31.5. The van der Waals surface area contributed by atoms with E-state index < -0.39 is 29.3 Å². The smallest absolute Gasteiger partial charge is 0.412 e. The Kier molecular flexibility index (Phi) is 15.9. The Bertz CT molecular complexity index is 1920. The molecule has 0 heterocycles. The van der Waals surface area contributed by atoms with Crippen LogP contribution in [0.4, 0.5) is 32.3 Å². The van der Waals surface area contributed by atoms with Crippen LogP contribution in [0.3, 0.4) is 0 Å². The number of anilines is 4. The molecule has 14 nitrogen and oxygen atoms in total. The topological polar surface area (TPSA) is 196 Å². The van der Waals surface area contributed by atoms with Crippen molar-refractivity contribution in [3.05, 3.63) is 108 Å². The van der Waals surface area contributed by atoms with Crippen molar-refractivity contribution in [2.45, 2.75) is 52.7 Å². The van der Waals surface area contributed by atoms with Gasteiger partial charge in [-0.25, -0.2) is 9.59 Å². The largest absolute Gasteiger partial charge is 0.492 e. The van der Waals surface area contributed by atoms with Crippen molar-refractivity contribution < 1.29 is 42.9 Å². The molecule has 0 atom stereocenters. The quantitative estimate of drug-likeness (QED) is 0.0884. The molecule has 292 valence electrons. The van der Waals surface area contributed by atoms with Crippen molar-refractivity contribution in [2.75, 3.05) is 40.4 Å². The van der Waals surface area contributed by atoms with Crippen LogP contribution in [0.15, 0.2) is 97.1 Å². The van der Waals surface area contributed by atoms with Crippen molar-refractivity contribution in [3.63, 3.8) is 0 Å². The van der Waals surface area contributed by atoms with Crippen LogP contribution in [0.2, 0.25) is 0 Å².